The summed E-state index contributed by atoms with van der Waals surface area (Å²) >= 11 is 4.14. The molecule has 0 bridgehead atoms. The maximum atomic E-state index is 12.8. The number of thioether (sulfide) groups is 2. The zero-order chi connectivity index (χ0) is 24.7. The molecule has 2 atom stereocenters. The van der Waals surface area contributed by atoms with Crippen molar-refractivity contribution in [2.75, 3.05) is 11.5 Å². The number of aromatic nitrogens is 4. The molecule has 4 heterocycles. The molecular weight excluding hydrogens is 506 g/mol. The van der Waals surface area contributed by atoms with Gasteiger partial charge in [0.1, 0.15) is 40.1 Å². The van der Waals surface area contributed by atoms with Crippen molar-refractivity contribution in [3.05, 3.63) is 37.8 Å². The number of nitrogens with one attached hydrogen (secondary N) is 1. The molecule has 0 aromatic carbocycles. The summed E-state index contributed by atoms with van der Waals surface area (Å²) in [4.78, 5) is 49.1. The fraction of sp³-hybridized carbons (Fsp3) is 0.444. The maximum Gasteiger partial charge on any atom is 0.352 e. The first-order valence-electron chi connectivity index (χ1n) is 9.89. The number of amides is 2. The first kappa shape index (κ1) is 24.2. The quantitative estimate of drug-likeness (QED) is 0.219. The lowest BCUT2D eigenvalue weighted by molar-refractivity contribution is -0.386. The summed E-state index contributed by atoms with van der Waals surface area (Å²) in [5.41, 5.74) is 0.790. The molecule has 1 saturated heterocycles. The Balaban J connectivity index is 1.44. The van der Waals surface area contributed by atoms with E-state index in [-0.39, 0.29) is 29.3 Å². The molecule has 180 valence electrons. The van der Waals surface area contributed by atoms with E-state index >= 15 is 0 Å². The Morgan fingerprint density at radius 1 is 1.32 bits per heavy atom. The molecule has 2 amide bonds. The Kier molecular flexibility index (Phi) is 6.64. The van der Waals surface area contributed by atoms with Crippen molar-refractivity contribution in [3.8, 4) is 0 Å². The van der Waals surface area contributed by atoms with Crippen molar-refractivity contribution >= 4 is 58.3 Å². The summed E-state index contributed by atoms with van der Waals surface area (Å²) in [5.74, 6) is -1.53. The number of aryl methyl sites for hydroxylation is 2. The Morgan fingerprint density at radius 3 is 2.65 bits per heavy atom. The molecule has 1 fully saturated rings. The Hall–Kier alpha value is -2.98. The van der Waals surface area contributed by atoms with Crippen LogP contribution in [0.25, 0.3) is 0 Å². The second-order valence-corrected chi connectivity index (χ2v) is 11.0. The van der Waals surface area contributed by atoms with E-state index in [1.54, 1.807) is 0 Å². The monoisotopic (exact) mass is 525 g/mol. The Bertz CT molecular complexity index is 1240. The van der Waals surface area contributed by atoms with E-state index in [0.717, 1.165) is 5.01 Å². The molecule has 0 saturated carbocycles. The van der Waals surface area contributed by atoms with Crippen molar-refractivity contribution in [1.29, 1.82) is 0 Å². The number of rotatable bonds is 8. The van der Waals surface area contributed by atoms with Gasteiger partial charge >= 0.3 is 11.7 Å². The van der Waals surface area contributed by atoms with E-state index in [1.807, 2.05) is 6.92 Å². The minimum absolute atomic E-state index is 0.0674. The third-order valence-electron chi connectivity index (χ3n) is 5.26. The number of β-lactam (4-membered cyclic amide) rings is 1. The highest BCUT2D eigenvalue weighted by Gasteiger charge is 2.54. The maximum absolute atomic E-state index is 12.8. The average Bonchev–Trinajstić information content (AvgIpc) is 3.31. The van der Waals surface area contributed by atoms with Gasteiger partial charge < -0.3 is 10.4 Å². The molecule has 2 aromatic rings. The summed E-state index contributed by atoms with van der Waals surface area (Å²) < 4.78 is 1.93. The molecular formula is C18H19N7O6S3. The molecule has 0 radical (unpaired) electrons. The van der Waals surface area contributed by atoms with Gasteiger partial charge in [0.2, 0.25) is 5.91 Å². The van der Waals surface area contributed by atoms with Gasteiger partial charge in [0.15, 0.2) is 4.34 Å². The van der Waals surface area contributed by atoms with Crippen LogP contribution in [0, 0.1) is 30.9 Å². The second-order valence-electron chi connectivity index (χ2n) is 7.52. The highest BCUT2D eigenvalue weighted by atomic mass is 32.2. The number of carboxylic acids is 1. The van der Waals surface area contributed by atoms with E-state index in [0.29, 0.717) is 21.4 Å². The predicted molar refractivity (Wildman–Crippen MR) is 123 cm³/mol. The van der Waals surface area contributed by atoms with E-state index in [9.17, 15) is 29.6 Å². The van der Waals surface area contributed by atoms with Gasteiger partial charge in [-0.15, -0.1) is 22.0 Å². The molecule has 4 rings (SSSR count). The molecule has 0 spiro atoms. The Labute approximate surface area is 205 Å². The van der Waals surface area contributed by atoms with Crippen molar-refractivity contribution in [2.24, 2.45) is 0 Å². The fourth-order valence-corrected chi connectivity index (χ4v) is 7.04. The fourth-order valence-electron chi connectivity index (χ4n) is 3.74. The minimum Gasteiger partial charge on any atom is -0.477 e. The number of nitrogens with zero attached hydrogens (tertiary/aromatic N) is 6. The molecule has 2 N–H and O–H groups in total. The number of hydrogen-bond acceptors (Lipinski definition) is 11. The first-order chi connectivity index (χ1) is 16.1. The van der Waals surface area contributed by atoms with Gasteiger partial charge in [-0.3, -0.25) is 29.3 Å². The van der Waals surface area contributed by atoms with Gasteiger partial charge in [-0.05, 0) is 26.3 Å². The highest BCUT2D eigenvalue weighted by molar-refractivity contribution is 8.01. The topological polar surface area (TPSA) is 173 Å². The molecule has 0 unspecified atom stereocenters. The SMILES string of the molecule is Cc1nnc(SCC2=C(C(=O)O)N3C(=O)[C@H](NC(=O)Cn4nc(C)c([N+](=O)[O-])c4C)[C@H]3SC2)s1. The predicted octanol–water partition coefficient (Wildman–Crippen LogP) is 1.10. The summed E-state index contributed by atoms with van der Waals surface area (Å²) in [6.45, 7) is 4.50. The van der Waals surface area contributed by atoms with Gasteiger partial charge in [0, 0.05) is 11.5 Å². The minimum atomic E-state index is -1.21. The van der Waals surface area contributed by atoms with Gasteiger partial charge in [-0.2, -0.15) is 5.10 Å². The third kappa shape index (κ3) is 4.39. The van der Waals surface area contributed by atoms with Crippen LogP contribution in [0.3, 0.4) is 0 Å². The highest BCUT2D eigenvalue weighted by Crippen LogP contribution is 2.41. The number of hydrogen-bond donors (Lipinski definition) is 2. The van der Waals surface area contributed by atoms with Crippen LogP contribution in [-0.4, -0.2) is 75.6 Å². The van der Waals surface area contributed by atoms with Crippen LogP contribution >= 0.6 is 34.9 Å². The molecule has 2 aliphatic rings. The van der Waals surface area contributed by atoms with E-state index in [4.69, 9.17) is 0 Å². The lowest BCUT2D eigenvalue weighted by atomic mass is 10.0. The van der Waals surface area contributed by atoms with E-state index < -0.39 is 34.1 Å². The third-order valence-corrected chi connectivity index (χ3v) is 8.66. The van der Waals surface area contributed by atoms with Crippen molar-refractivity contribution < 1.29 is 24.4 Å². The molecule has 34 heavy (non-hydrogen) atoms. The van der Waals surface area contributed by atoms with Crippen LogP contribution in [-0.2, 0) is 20.9 Å². The van der Waals surface area contributed by atoms with Crippen molar-refractivity contribution in [2.45, 2.75) is 43.1 Å². The van der Waals surface area contributed by atoms with Crippen molar-refractivity contribution in [1.82, 2.24) is 30.2 Å². The van der Waals surface area contributed by atoms with Crippen LogP contribution in [0.1, 0.15) is 16.4 Å². The van der Waals surface area contributed by atoms with Crippen LogP contribution in [0.4, 0.5) is 5.69 Å². The summed E-state index contributed by atoms with van der Waals surface area (Å²) in [6.07, 6.45) is 0. The van der Waals surface area contributed by atoms with Gasteiger partial charge in [-0.25, -0.2) is 4.79 Å². The number of nitro groups is 1. The number of carboxylic acid groups (broad SMARTS) is 1. The number of carbonyl (C=O) groups excluding carboxylic acids is 2. The smallest absolute Gasteiger partial charge is 0.352 e. The number of fused-ring (bicyclic) bond motifs is 1. The van der Waals surface area contributed by atoms with Crippen LogP contribution in [0.15, 0.2) is 15.6 Å². The number of aliphatic carboxylic acids is 1. The van der Waals surface area contributed by atoms with E-state index in [1.165, 1.54) is 58.3 Å². The van der Waals surface area contributed by atoms with Gasteiger partial charge in [0.25, 0.3) is 5.91 Å². The van der Waals surface area contributed by atoms with Gasteiger partial charge in [0.05, 0.1) is 4.92 Å². The van der Waals surface area contributed by atoms with Crippen LogP contribution in [0.5, 0.6) is 0 Å². The van der Waals surface area contributed by atoms with E-state index in [2.05, 4.69) is 20.6 Å². The van der Waals surface area contributed by atoms with Crippen LogP contribution < -0.4 is 5.32 Å². The Morgan fingerprint density at radius 2 is 2.06 bits per heavy atom. The second kappa shape index (κ2) is 9.34. The summed E-state index contributed by atoms with van der Waals surface area (Å²) in [5, 5.41) is 35.8. The first-order valence-corrected chi connectivity index (χ1v) is 12.7. The largest absolute Gasteiger partial charge is 0.477 e. The zero-order valence-corrected chi connectivity index (χ0v) is 20.6. The standard InChI is InChI=1S/C18H19N7O6S3/c1-7-13(25(30)31)8(2)23(22-7)4-11(26)19-12-15(27)24-14(17(28)29)10(5-32-16(12)24)6-33-18-21-20-9(3)34-18/h12,16H,4-6H2,1-3H3,(H,19,26)(H,28,29)/t12-,16+/m0/s1. The van der Waals surface area contributed by atoms with Gasteiger partial charge in [-0.1, -0.05) is 23.1 Å². The molecule has 13 nitrogen and oxygen atoms in total. The molecule has 0 aliphatic carbocycles. The summed E-state index contributed by atoms with van der Waals surface area (Å²) in [7, 11) is 0. The molecule has 2 aliphatic heterocycles. The average molecular weight is 526 g/mol. The van der Waals surface area contributed by atoms with Crippen molar-refractivity contribution in [3.63, 3.8) is 0 Å². The summed E-state index contributed by atoms with van der Waals surface area (Å²) in [6, 6.07) is -0.890. The normalized spacial score (nSPS) is 19.6. The zero-order valence-electron chi connectivity index (χ0n) is 18.2. The van der Waals surface area contributed by atoms with Crippen LogP contribution in [0.2, 0.25) is 0 Å². The molecule has 16 heteroatoms. The lowest BCUT2D eigenvalue weighted by Crippen LogP contribution is -2.70. The number of carbonyl (C=O) groups is 3. The lowest BCUT2D eigenvalue weighted by Gasteiger charge is -2.49. The molecule has 2 aromatic heterocycles.